The van der Waals surface area contributed by atoms with Gasteiger partial charge in [0.15, 0.2) is 0 Å². The molecule has 0 radical (unpaired) electrons. The minimum atomic E-state index is -0.576. The molecule has 1 aliphatic rings. The van der Waals surface area contributed by atoms with Crippen LogP contribution < -0.4 is 5.32 Å². The third-order valence-electron chi connectivity index (χ3n) is 3.48. The van der Waals surface area contributed by atoms with E-state index in [4.69, 9.17) is 23.8 Å². The zero-order valence-electron chi connectivity index (χ0n) is 13.2. The van der Waals surface area contributed by atoms with Crippen molar-refractivity contribution in [2.24, 2.45) is 0 Å². The lowest BCUT2D eigenvalue weighted by molar-refractivity contribution is -0.126. The third kappa shape index (κ3) is 4.30. The number of nitrogens with zero attached hydrogens (tertiary/aromatic N) is 1. The SMILES string of the molecule is O=C(CN1C(=O)C(=Cc2ccccc2)SC1=S)Nc1ccc(F)c(Cl)c1. The molecule has 0 atom stereocenters. The topological polar surface area (TPSA) is 49.4 Å². The molecule has 0 saturated carbocycles. The van der Waals surface area contributed by atoms with Crippen LogP contribution in [0.2, 0.25) is 5.02 Å². The number of hydrogen-bond donors (Lipinski definition) is 1. The Labute approximate surface area is 164 Å². The number of amides is 2. The summed E-state index contributed by atoms with van der Waals surface area (Å²) in [6, 6.07) is 13.2. The van der Waals surface area contributed by atoms with E-state index >= 15 is 0 Å². The van der Waals surface area contributed by atoms with E-state index in [-0.39, 0.29) is 17.5 Å². The van der Waals surface area contributed by atoms with Gasteiger partial charge in [0.25, 0.3) is 5.91 Å². The Morgan fingerprint density at radius 3 is 2.69 bits per heavy atom. The Morgan fingerprint density at radius 1 is 1.27 bits per heavy atom. The van der Waals surface area contributed by atoms with Crippen molar-refractivity contribution in [2.45, 2.75) is 0 Å². The van der Waals surface area contributed by atoms with Crippen LogP contribution in [0.25, 0.3) is 6.08 Å². The molecule has 4 nitrogen and oxygen atoms in total. The summed E-state index contributed by atoms with van der Waals surface area (Å²) in [5.74, 6) is -1.35. The zero-order valence-corrected chi connectivity index (χ0v) is 15.6. The van der Waals surface area contributed by atoms with E-state index < -0.39 is 11.7 Å². The number of carbonyl (C=O) groups is 2. The lowest BCUT2D eigenvalue weighted by atomic mass is 10.2. The largest absolute Gasteiger partial charge is 0.324 e. The Bertz CT molecular complexity index is 919. The fraction of sp³-hybridized carbons (Fsp3) is 0.0556. The molecule has 1 saturated heterocycles. The summed E-state index contributed by atoms with van der Waals surface area (Å²) < 4.78 is 13.5. The summed E-state index contributed by atoms with van der Waals surface area (Å²) in [6.07, 6.45) is 1.73. The molecule has 8 heteroatoms. The molecule has 0 bridgehead atoms. The molecule has 0 spiro atoms. The van der Waals surface area contributed by atoms with Crippen molar-refractivity contribution in [1.82, 2.24) is 4.90 Å². The number of carbonyl (C=O) groups excluding carboxylic acids is 2. The molecule has 132 valence electrons. The van der Waals surface area contributed by atoms with E-state index in [0.29, 0.717) is 14.9 Å². The van der Waals surface area contributed by atoms with Crippen LogP contribution in [0.3, 0.4) is 0 Å². The maximum Gasteiger partial charge on any atom is 0.266 e. The van der Waals surface area contributed by atoms with Gasteiger partial charge in [0.2, 0.25) is 5.91 Å². The number of halogens is 2. The van der Waals surface area contributed by atoms with E-state index in [1.165, 1.54) is 17.0 Å². The van der Waals surface area contributed by atoms with E-state index in [0.717, 1.165) is 23.4 Å². The number of nitrogens with one attached hydrogen (secondary N) is 1. The van der Waals surface area contributed by atoms with E-state index in [9.17, 15) is 14.0 Å². The van der Waals surface area contributed by atoms with Crippen molar-refractivity contribution in [3.05, 3.63) is 69.8 Å². The molecule has 2 aromatic rings. The molecular formula is C18H12ClFN2O2S2. The Morgan fingerprint density at radius 2 is 2.00 bits per heavy atom. The number of thiocarbonyl (C=S) groups is 1. The summed E-state index contributed by atoms with van der Waals surface area (Å²) in [6.45, 7) is -0.230. The van der Waals surface area contributed by atoms with Crippen LogP contribution >= 0.6 is 35.6 Å². The lowest BCUT2D eigenvalue weighted by Gasteiger charge is -2.14. The highest BCUT2D eigenvalue weighted by Gasteiger charge is 2.33. The lowest BCUT2D eigenvalue weighted by Crippen LogP contribution is -2.36. The fourth-order valence-corrected chi connectivity index (χ4v) is 3.69. The maximum absolute atomic E-state index is 13.2. The van der Waals surface area contributed by atoms with Crippen LogP contribution in [0.15, 0.2) is 53.4 Å². The van der Waals surface area contributed by atoms with Gasteiger partial charge in [-0.1, -0.05) is 65.9 Å². The first kappa shape index (κ1) is 18.6. The van der Waals surface area contributed by atoms with Crippen molar-refractivity contribution in [3.8, 4) is 0 Å². The van der Waals surface area contributed by atoms with Gasteiger partial charge >= 0.3 is 0 Å². The molecule has 0 aliphatic carbocycles. The normalized spacial score (nSPS) is 15.6. The second-order valence-corrected chi connectivity index (χ2v) is 7.44. The summed E-state index contributed by atoms with van der Waals surface area (Å²) >= 11 is 12.0. The highest BCUT2D eigenvalue weighted by Crippen LogP contribution is 2.32. The number of benzene rings is 2. The summed E-state index contributed by atoms with van der Waals surface area (Å²) in [5, 5.41) is 2.47. The van der Waals surface area contributed by atoms with Crippen molar-refractivity contribution in [2.75, 3.05) is 11.9 Å². The second-order valence-electron chi connectivity index (χ2n) is 5.36. The second kappa shape index (κ2) is 7.99. The zero-order chi connectivity index (χ0) is 18.7. The van der Waals surface area contributed by atoms with Crippen LogP contribution in [0.4, 0.5) is 10.1 Å². The van der Waals surface area contributed by atoms with Crippen LogP contribution in [0, 0.1) is 5.82 Å². The van der Waals surface area contributed by atoms with Crippen LogP contribution in [-0.4, -0.2) is 27.6 Å². The predicted octanol–water partition coefficient (Wildman–Crippen LogP) is 4.32. The number of rotatable bonds is 4. The van der Waals surface area contributed by atoms with Crippen molar-refractivity contribution in [1.29, 1.82) is 0 Å². The summed E-state index contributed by atoms with van der Waals surface area (Å²) in [4.78, 5) is 26.4. The fourth-order valence-electron chi connectivity index (χ4n) is 2.25. The molecule has 1 fully saturated rings. The minimum Gasteiger partial charge on any atom is -0.324 e. The van der Waals surface area contributed by atoms with Gasteiger partial charge in [0.05, 0.1) is 9.93 Å². The van der Waals surface area contributed by atoms with Crippen molar-refractivity contribution >= 4 is 63.5 Å². The average molecular weight is 407 g/mol. The monoisotopic (exact) mass is 406 g/mol. The molecule has 2 amide bonds. The van der Waals surface area contributed by atoms with Gasteiger partial charge < -0.3 is 5.32 Å². The van der Waals surface area contributed by atoms with Crippen LogP contribution in [0.5, 0.6) is 0 Å². The van der Waals surface area contributed by atoms with Gasteiger partial charge in [0, 0.05) is 5.69 Å². The summed E-state index contributed by atoms with van der Waals surface area (Å²) in [7, 11) is 0. The van der Waals surface area contributed by atoms with Gasteiger partial charge in [0.1, 0.15) is 16.7 Å². The smallest absolute Gasteiger partial charge is 0.266 e. The molecule has 0 unspecified atom stereocenters. The molecule has 26 heavy (non-hydrogen) atoms. The van der Waals surface area contributed by atoms with E-state index in [1.807, 2.05) is 30.3 Å². The Hall–Kier alpha value is -2.22. The standard InChI is InChI=1S/C18H12ClFN2O2S2/c19-13-9-12(6-7-14(13)20)21-16(23)10-22-17(24)15(26-18(22)25)8-11-4-2-1-3-5-11/h1-9H,10H2,(H,21,23). The number of hydrogen-bond acceptors (Lipinski definition) is 4. The molecule has 1 N–H and O–H groups in total. The van der Waals surface area contributed by atoms with E-state index in [1.54, 1.807) is 6.08 Å². The first-order valence-electron chi connectivity index (χ1n) is 7.49. The van der Waals surface area contributed by atoms with Gasteiger partial charge in [-0.25, -0.2) is 4.39 Å². The number of thioether (sulfide) groups is 1. The van der Waals surface area contributed by atoms with Crippen molar-refractivity contribution < 1.29 is 14.0 Å². The Kier molecular flexibility index (Phi) is 5.70. The molecule has 3 rings (SSSR count). The van der Waals surface area contributed by atoms with Gasteiger partial charge in [-0.05, 0) is 29.8 Å². The van der Waals surface area contributed by atoms with E-state index in [2.05, 4.69) is 5.32 Å². The van der Waals surface area contributed by atoms with Gasteiger partial charge in [-0.3, -0.25) is 14.5 Å². The molecule has 1 aliphatic heterocycles. The number of anilines is 1. The average Bonchev–Trinajstić information content (AvgIpc) is 2.86. The molecular weight excluding hydrogens is 395 g/mol. The highest BCUT2D eigenvalue weighted by molar-refractivity contribution is 8.26. The Balaban J connectivity index is 1.68. The first-order valence-corrected chi connectivity index (χ1v) is 9.09. The minimum absolute atomic E-state index is 0.0980. The first-order chi connectivity index (χ1) is 12.4. The predicted molar refractivity (Wildman–Crippen MR) is 106 cm³/mol. The molecule has 2 aromatic carbocycles. The van der Waals surface area contributed by atoms with Gasteiger partial charge in [-0.15, -0.1) is 0 Å². The third-order valence-corrected chi connectivity index (χ3v) is 5.14. The molecule has 0 aromatic heterocycles. The van der Waals surface area contributed by atoms with Gasteiger partial charge in [-0.2, -0.15) is 0 Å². The quantitative estimate of drug-likeness (QED) is 0.607. The molecule has 1 heterocycles. The van der Waals surface area contributed by atoms with Crippen molar-refractivity contribution in [3.63, 3.8) is 0 Å². The maximum atomic E-state index is 13.2. The summed E-state index contributed by atoms with van der Waals surface area (Å²) in [5.41, 5.74) is 1.21. The van der Waals surface area contributed by atoms with Crippen LogP contribution in [-0.2, 0) is 9.59 Å². The van der Waals surface area contributed by atoms with Crippen LogP contribution in [0.1, 0.15) is 5.56 Å². The highest BCUT2D eigenvalue weighted by atomic mass is 35.5.